The van der Waals surface area contributed by atoms with Gasteiger partial charge in [0.25, 0.3) is 5.91 Å². The maximum absolute atomic E-state index is 12.6. The van der Waals surface area contributed by atoms with Gasteiger partial charge in [0, 0.05) is 25.4 Å². The molecule has 1 aliphatic carbocycles. The molecule has 1 aromatic heterocycles. The van der Waals surface area contributed by atoms with Crippen molar-refractivity contribution in [1.82, 2.24) is 10.2 Å². The Labute approximate surface area is 203 Å². The van der Waals surface area contributed by atoms with Gasteiger partial charge >= 0.3 is 12.1 Å². The van der Waals surface area contributed by atoms with Crippen LogP contribution in [0, 0.1) is 0 Å². The van der Waals surface area contributed by atoms with Gasteiger partial charge in [0.15, 0.2) is 5.76 Å². The summed E-state index contributed by atoms with van der Waals surface area (Å²) >= 11 is 0. The quantitative estimate of drug-likeness (QED) is 0.441. The summed E-state index contributed by atoms with van der Waals surface area (Å²) in [6, 6.07) is 19.4. The number of hydrogen-bond acceptors (Lipinski definition) is 5. The van der Waals surface area contributed by atoms with Crippen molar-refractivity contribution in [1.29, 1.82) is 0 Å². The number of carboxylic acids is 1. The van der Waals surface area contributed by atoms with E-state index in [4.69, 9.17) is 14.3 Å². The topological polar surface area (TPSA) is 109 Å². The number of ether oxygens (including phenoxy) is 1. The minimum atomic E-state index is -0.895. The second kappa shape index (κ2) is 10.9. The van der Waals surface area contributed by atoms with Crippen molar-refractivity contribution >= 4 is 18.0 Å². The Kier molecular flexibility index (Phi) is 7.50. The van der Waals surface area contributed by atoms with Crippen molar-refractivity contribution in [2.45, 2.75) is 32.2 Å². The van der Waals surface area contributed by atoms with Crippen LogP contribution in [0.2, 0.25) is 0 Å². The lowest BCUT2D eigenvalue weighted by molar-refractivity contribution is -0.137. The molecule has 0 unspecified atom stereocenters. The molecule has 0 spiro atoms. The molecule has 8 heteroatoms. The summed E-state index contributed by atoms with van der Waals surface area (Å²) in [5, 5.41) is 11.4. The van der Waals surface area contributed by atoms with E-state index in [1.165, 1.54) is 4.90 Å². The van der Waals surface area contributed by atoms with E-state index in [1.807, 2.05) is 31.2 Å². The molecule has 35 heavy (non-hydrogen) atoms. The highest BCUT2D eigenvalue weighted by atomic mass is 16.5. The van der Waals surface area contributed by atoms with Gasteiger partial charge in [0.05, 0.1) is 6.54 Å². The summed E-state index contributed by atoms with van der Waals surface area (Å²) < 4.78 is 11.1. The van der Waals surface area contributed by atoms with Crippen molar-refractivity contribution in [3.05, 3.63) is 83.3 Å². The van der Waals surface area contributed by atoms with Crippen molar-refractivity contribution in [2.24, 2.45) is 0 Å². The fourth-order valence-corrected chi connectivity index (χ4v) is 4.38. The van der Waals surface area contributed by atoms with Gasteiger partial charge in [0.1, 0.15) is 12.4 Å². The molecule has 0 bridgehead atoms. The van der Waals surface area contributed by atoms with Crippen LogP contribution in [-0.2, 0) is 16.1 Å². The molecule has 2 N–H and O–H groups in total. The Bertz CT molecular complexity index is 1170. The lowest BCUT2D eigenvalue weighted by Gasteiger charge is -2.19. The first-order valence-corrected chi connectivity index (χ1v) is 11.7. The molecule has 2 aromatic carbocycles. The van der Waals surface area contributed by atoms with Crippen LogP contribution in [0.25, 0.3) is 11.1 Å². The predicted octanol–water partition coefficient (Wildman–Crippen LogP) is 4.65. The SMILES string of the molecule is CCN(CCCC(=O)O)C(=O)c1ccc(CNC(=O)OCC2c3ccccc3-c3ccccc32)o1. The number of amides is 2. The average Bonchev–Trinajstić information content (AvgIpc) is 3.46. The summed E-state index contributed by atoms with van der Waals surface area (Å²) in [6.45, 7) is 2.88. The van der Waals surface area contributed by atoms with Gasteiger partial charge in [-0.25, -0.2) is 4.79 Å². The summed E-state index contributed by atoms with van der Waals surface area (Å²) in [5.74, 6) is -0.671. The van der Waals surface area contributed by atoms with Crippen LogP contribution in [0.4, 0.5) is 4.79 Å². The number of furan rings is 1. The average molecular weight is 477 g/mol. The number of nitrogens with zero attached hydrogens (tertiary/aromatic N) is 1. The van der Waals surface area contributed by atoms with E-state index in [0.29, 0.717) is 25.3 Å². The third-order valence-electron chi connectivity index (χ3n) is 6.11. The van der Waals surface area contributed by atoms with Crippen molar-refractivity contribution < 1.29 is 28.6 Å². The molecule has 1 aliphatic rings. The number of carbonyl (C=O) groups excluding carboxylic acids is 2. The van der Waals surface area contributed by atoms with Gasteiger partial charge in [-0.15, -0.1) is 0 Å². The van der Waals surface area contributed by atoms with Gasteiger partial charge in [-0.1, -0.05) is 48.5 Å². The number of nitrogens with one attached hydrogen (secondary N) is 1. The van der Waals surface area contributed by atoms with E-state index < -0.39 is 12.1 Å². The number of fused-ring (bicyclic) bond motifs is 3. The van der Waals surface area contributed by atoms with Crippen LogP contribution in [0.15, 0.2) is 65.1 Å². The number of rotatable bonds is 10. The summed E-state index contributed by atoms with van der Waals surface area (Å²) in [6.07, 6.45) is -0.205. The van der Waals surface area contributed by atoms with Crippen molar-refractivity contribution in [3.8, 4) is 11.1 Å². The van der Waals surface area contributed by atoms with Crippen molar-refractivity contribution in [2.75, 3.05) is 19.7 Å². The molecule has 0 aliphatic heterocycles. The molecule has 0 saturated heterocycles. The zero-order chi connectivity index (χ0) is 24.8. The minimum absolute atomic E-state index is 0.00273. The Hall–Kier alpha value is -4.07. The first-order valence-electron chi connectivity index (χ1n) is 11.7. The molecular weight excluding hydrogens is 448 g/mol. The largest absolute Gasteiger partial charge is 0.481 e. The Balaban J connectivity index is 1.29. The lowest BCUT2D eigenvalue weighted by Crippen LogP contribution is -2.31. The van der Waals surface area contributed by atoms with Crippen LogP contribution < -0.4 is 5.32 Å². The zero-order valence-electron chi connectivity index (χ0n) is 19.5. The van der Waals surface area contributed by atoms with Crippen LogP contribution in [0.3, 0.4) is 0 Å². The molecule has 0 saturated carbocycles. The van der Waals surface area contributed by atoms with Gasteiger partial charge < -0.3 is 24.5 Å². The second-order valence-electron chi connectivity index (χ2n) is 8.33. The Morgan fingerprint density at radius 1 is 1.00 bits per heavy atom. The lowest BCUT2D eigenvalue weighted by atomic mass is 9.98. The Morgan fingerprint density at radius 2 is 1.66 bits per heavy atom. The molecule has 2 amide bonds. The first-order chi connectivity index (χ1) is 17.0. The number of alkyl carbamates (subject to hydrolysis) is 1. The van der Waals surface area contributed by atoms with Crippen LogP contribution in [0.1, 0.15) is 53.1 Å². The minimum Gasteiger partial charge on any atom is -0.481 e. The molecule has 182 valence electrons. The standard InChI is InChI=1S/C27H28N2O6/c1-2-29(15-7-12-25(30)31)26(32)24-14-13-18(35-24)16-28-27(33)34-17-23-21-10-5-3-8-19(21)20-9-4-6-11-22(20)23/h3-6,8-11,13-14,23H,2,7,12,15-17H2,1H3,(H,28,33)(H,30,31). The van der Waals surface area contributed by atoms with Gasteiger partial charge in [-0.2, -0.15) is 0 Å². The van der Waals surface area contributed by atoms with E-state index in [2.05, 4.69) is 29.6 Å². The van der Waals surface area contributed by atoms with Gasteiger partial charge in [-0.3, -0.25) is 9.59 Å². The van der Waals surface area contributed by atoms with Crippen LogP contribution >= 0.6 is 0 Å². The smallest absolute Gasteiger partial charge is 0.407 e. The maximum Gasteiger partial charge on any atom is 0.407 e. The Morgan fingerprint density at radius 3 is 2.29 bits per heavy atom. The van der Waals surface area contributed by atoms with Gasteiger partial charge in [-0.05, 0) is 47.7 Å². The van der Waals surface area contributed by atoms with E-state index >= 15 is 0 Å². The fourth-order valence-electron chi connectivity index (χ4n) is 4.38. The highest BCUT2D eigenvalue weighted by molar-refractivity contribution is 5.91. The molecule has 3 aromatic rings. The van der Waals surface area contributed by atoms with Crippen LogP contribution in [0.5, 0.6) is 0 Å². The van der Waals surface area contributed by atoms with E-state index in [0.717, 1.165) is 22.3 Å². The van der Waals surface area contributed by atoms with E-state index in [1.54, 1.807) is 12.1 Å². The third kappa shape index (κ3) is 5.54. The van der Waals surface area contributed by atoms with Crippen molar-refractivity contribution in [3.63, 3.8) is 0 Å². The first kappa shape index (κ1) is 24.1. The molecule has 8 nitrogen and oxygen atoms in total. The number of aliphatic carboxylic acids is 1. The van der Waals surface area contributed by atoms with E-state index in [-0.39, 0.29) is 37.2 Å². The molecule has 0 atom stereocenters. The second-order valence-corrected chi connectivity index (χ2v) is 8.33. The summed E-state index contributed by atoms with van der Waals surface area (Å²) in [5.41, 5.74) is 4.60. The zero-order valence-corrected chi connectivity index (χ0v) is 19.5. The molecule has 1 heterocycles. The highest BCUT2D eigenvalue weighted by Crippen LogP contribution is 2.44. The van der Waals surface area contributed by atoms with Crippen LogP contribution in [-0.4, -0.2) is 47.7 Å². The highest BCUT2D eigenvalue weighted by Gasteiger charge is 2.29. The molecular formula is C27H28N2O6. The summed E-state index contributed by atoms with van der Waals surface area (Å²) in [4.78, 5) is 37.2. The molecule has 0 radical (unpaired) electrons. The molecule has 0 fully saturated rings. The van der Waals surface area contributed by atoms with Gasteiger partial charge in [0.2, 0.25) is 0 Å². The number of hydrogen-bond donors (Lipinski definition) is 2. The number of carboxylic acid groups (broad SMARTS) is 1. The normalized spacial score (nSPS) is 12.0. The molecule has 4 rings (SSSR count). The number of carbonyl (C=O) groups is 3. The number of benzene rings is 2. The third-order valence-corrected chi connectivity index (χ3v) is 6.11. The van der Waals surface area contributed by atoms with E-state index in [9.17, 15) is 14.4 Å². The summed E-state index contributed by atoms with van der Waals surface area (Å²) in [7, 11) is 0. The monoisotopic (exact) mass is 476 g/mol. The fraction of sp³-hybridized carbons (Fsp3) is 0.296. The maximum atomic E-state index is 12.6. The predicted molar refractivity (Wildman–Crippen MR) is 129 cm³/mol.